The van der Waals surface area contributed by atoms with E-state index >= 15 is 0 Å². The highest BCUT2D eigenvalue weighted by atomic mass is 32.2. The molecule has 1 atom stereocenters. The number of hydrogen-bond acceptors (Lipinski definition) is 5. The first kappa shape index (κ1) is 32.7. The number of benzene rings is 3. The molecule has 0 aromatic heterocycles. The third-order valence-electron chi connectivity index (χ3n) is 7.24. The second kappa shape index (κ2) is 15.4. The molecule has 3 rings (SSSR count). The Balaban J connectivity index is 1.89. The molecule has 226 valence electrons. The van der Waals surface area contributed by atoms with Crippen LogP contribution in [0.1, 0.15) is 48.4 Å². The third-order valence-corrected chi connectivity index (χ3v) is 8.43. The second-order valence-electron chi connectivity index (χ2n) is 10.6. The number of methoxy groups -OCH3 is 1. The number of rotatable bonds is 15. The summed E-state index contributed by atoms with van der Waals surface area (Å²) in [5.74, 6) is 0.218. The van der Waals surface area contributed by atoms with E-state index in [0.717, 1.165) is 28.7 Å². The standard InChI is InChI=1S/C33H43N3O5S/c1-6-19-34-33(38)31(23-27-12-8-7-9-13-27)35(24-28-14-10-15-30(22-28)41-4)32(37)16-11-20-36(42(5,39)40)29-18-17-25(2)26(3)21-29/h7-10,12-15,17-18,21-22,31H,6,11,16,19-20,23-24H2,1-5H3,(H,34,38)/t31-/m0/s1. The zero-order valence-corrected chi connectivity index (χ0v) is 26.1. The zero-order chi connectivity index (χ0) is 30.7. The SMILES string of the molecule is CCCNC(=O)[C@H](Cc1ccccc1)N(Cc1cccc(OC)c1)C(=O)CCCN(c1ccc(C)c(C)c1)S(C)(=O)=O. The number of anilines is 1. The monoisotopic (exact) mass is 593 g/mol. The number of nitrogens with one attached hydrogen (secondary N) is 1. The van der Waals surface area contributed by atoms with Crippen LogP contribution >= 0.6 is 0 Å². The molecule has 0 spiro atoms. The van der Waals surface area contributed by atoms with Gasteiger partial charge in [-0.3, -0.25) is 13.9 Å². The van der Waals surface area contributed by atoms with Crippen molar-refractivity contribution in [3.8, 4) is 5.75 Å². The van der Waals surface area contributed by atoms with Crippen LogP contribution in [0.15, 0.2) is 72.8 Å². The van der Waals surface area contributed by atoms with Gasteiger partial charge in [0.15, 0.2) is 0 Å². The Hall–Kier alpha value is -3.85. The number of carbonyl (C=O) groups is 2. The lowest BCUT2D eigenvalue weighted by Crippen LogP contribution is -2.50. The van der Waals surface area contributed by atoms with Crippen LogP contribution in [0.2, 0.25) is 0 Å². The van der Waals surface area contributed by atoms with Crippen LogP contribution in [0, 0.1) is 13.8 Å². The number of ether oxygens (including phenoxy) is 1. The normalized spacial score (nSPS) is 11.9. The Labute approximate surface area is 250 Å². The molecule has 0 aliphatic rings. The van der Waals surface area contributed by atoms with Crippen molar-refractivity contribution in [2.45, 2.75) is 59.0 Å². The maximum absolute atomic E-state index is 13.9. The molecule has 3 aromatic rings. The molecule has 0 aliphatic carbocycles. The van der Waals surface area contributed by atoms with Crippen molar-refractivity contribution in [2.24, 2.45) is 0 Å². The number of carbonyl (C=O) groups excluding carboxylic acids is 2. The average Bonchev–Trinajstić information content (AvgIpc) is 2.97. The molecule has 42 heavy (non-hydrogen) atoms. The van der Waals surface area contributed by atoms with Gasteiger partial charge in [-0.15, -0.1) is 0 Å². The number of hydrogen-bond donors (Lipinski definition) is 1. The highest BCUT2D eigenvalue weighted by molar-refractivity contribution is 7.92. The van der Waals surface area contributed by atoms with Crippen LogP contribution in [-0.2, 0) is 32.6 Å². The highest BCUT2D eigenvalue weighted by Crippen LogP contribution is 2.23. The Kier molecular flexibility index (Phi) is 12.0. The summed E-state index contributed by atoms with van der Waals surface area (Å²) >= 11 is 0. The van der Waals surface area contributed by atoms with Crippen molar-refractivity contribution < 1.29 is 22.7 Å². The number of amides is 2. The summed E-state index contributed by atoms with van der Waals surface area (Å²) in [6.07, 6.45) is 2.67. The van der Waals surface area contributed by atoms with E-state index in [2.05, 4.69) is 5.32 Å². The van der Waals surface area contributed by atoms with Crippen LogP contribution in [0.25, 0.3) is 0 Å². The van der Waals surface area contributed by atoms with Crippen LogP contribution < -0.4 is 14.4 Å². The molecule has 0 unspecified atom stereocenters. The predicted molar refractivity (Wildman–Crippen MR) is 168 cm³/mol. The van der Waals surface area contributed by atoms with Gasteiger partial charge in [-0.2, -0.15) is 0 Å². The van der Waals surface area contributed by atoms with Gasteiger partial charge in [-0.25, -0.2) is 8.42 Å². The van der Waals surface area contributed by atoms with Crippen molar-refractivity contribution >= 4 is 27.5 Å². The maximum atomic E-state index is 13.9. The molecular formula is C33H43N3O5S. The van der Waals surface area contributed by atoms with Gasteiger partial charge in [0.25, 0.3) is 0 Å². The van der Waals surface area contributed by atoms with E-state index in [1.165, 1.54) is 10.6 Å². The van der Waals surface area contributed by atoms with E-state index in [9.17, 15) is 18.0 Å². The average molecular weight is 594 g/mol. The van der Waals surface area contributed by atoms with Crippen LogP contribution in [0.3, 0.4) is 0 Å². The van der Waals surface area contributed by atoms with E-state index in [1.54, 1.807) is 18.1 Å². The van der Waals surface area contributed by atoms with Gasteiger partial charge < -0.3 is 15.0 Å². The van der Waals surface area contributed by atoms with Crippen LogP contribution in [0.4, 0.5) is 5.69 Å². The summed E-state index contributed by atoms with van der Waals surface area (Å²) in [5, 5.41) is 2.98. The zero-order valence-electron chi connectivity index (χ0n) is 25.3. The third kappa shape index (κ3) is 9.34. The summed E-state index contributed by atoms with van der Waals surface area (Å²) in [6.45, 7) is 6.75. The van der Waals surface area contributed by atoms with Crippen molar-refractivity contribution in [3.05, 3.63) is 95.1 Å². The summed E-state index contributed by atoms with van der Waals surface area (Å²) in [5.41, 5.74) is 4.40. The minimum Gasteiger partial charge on any atom is -0.497 e. The molecule has 9 heteroatoms. The van der Waals surface area contributed by atoms with Crippen LogP contribution in [-0.4, -0.2) is 57.6 Å². The molecule has 0 fully saturated rings. The molecule has 3 aromatic carbocycles. The topological polar surface area (TPSA) is 96.0 Å². The van der Waals surface area contributed by atoms with Crippen molar-refractivity contribution in [2.75, 3.05) is 30.8 Å². The summed E-state index contributed by atoms with van der Waals surface area (Å²) in [4.78, 5) is 29.1. The molecule has 0 saturated heterocycles. The molecule has 0 saturated carbocycles. The maximum Gasteiger partial charge on any atom is 0.243 e. The lowest BCUT2D eigenvalue weighted by atomic mass is 10.0. The summed E-state index contributed by atoms with van der Waals surface area (Å²) in [7, 11) is -1.99. The fourth-order valence-electron chi connectivity index (χ4n) is 4.77. The van der Waals surface area contributed by atoms with Gasteiger partial charge in [0.2, 0.25) is 21.8 Å². The first-order valence-corrected chi connectivity index (χ1v) is 16.2. The number of nitrogens with zero attached hydrogens (tertiary/aromatic N) is 2. The van der Waals surface area contributed by atoms with E-state index in [4.69, 9.17) is 4.74 Å². The Bertz CT molecular complexity index is 1440. The van der Waals surface area contributed by atoms with Crippen molar-refractivity contribution in [1.29, 1.82) is 0 Å². The molecule has 2 amide bonds. The highest BCUT2D eigenvalue weighted by Gasteiger charge is 2.30. The molecule has 1 N–H and O–H groups in total. The van der Waals surface area contributed by atoms with Crippen LogP contribution in [0.5, 0.6) is 5.75 Å². The lowest BCUT2D eigenvalue weighted by molar-refractivity contribution is -0.141. The largest absolute Gasteiger partial charge is 0.497 e. The number of aryl methyl sites for hydroxylation is 2. The molecule has 0 radical (unpaired) electrons. The van der Waals surface area contributed by atoms with Gasteiger partial charge in [0.1, 0.15) is 11.8 Å². The van der Waals surface area contributed by atoms with Gasteiger partial charge >= 0.3 is 0 Å². The van der Waals surface area contributed by atoms with Crippen molar-refractivity contribution in [1.82, 2.24) is 10.2 Å². The fraction of sp³-hybridized carbons (Fsp3) is 0.394. The fourth-order valence-corrected chi connectivity index (χ4v) is 5.73. The predicted octanol–water partition coefficient (Wildman–Crippen LogP) is 5.02. The van der Waals surface area contributed by atoms with E-state index in [1.807, 2.05) is 87.5 Å². The minimum atomic E-state index is -3.57. The molecule has 0 aliphatic heterocycles. The minimum absolute atomic E-state index is 0.0766. The molecule has 0 heterocycles. The molecule has 8 nitrogen and oxygen atoms in total. The quantitative estimate of drug-likeness (QED) is 0.267. The Morgan fingerprint density at radius 3 is 2.29 bits per heavy atom. The molecule has 0 bridgehead atoms. The summed E-state index contributed by atoms with van der Waals surface area (Å²) in [6, 6.07) is 21.9. The second-order valence-corrected chi connectivity index (χ2v) is 12.5. The summed E-state index contributed by atoms with van der Waals surface area (Å²) < 4.78 is 32.1. The lowest BCUT2D eigenvalue weighted by Gasteiger charge is -2.32. The first-order chi connectivity index (χ1) is 20.0. The van der Waals surface area contributed by atoms with Gasteiger partial charge in [-0.05, 0) is 73.2 Å². The van der Waals surface area contributed by atoms with Gasteiger partial charge in [-0.1, -0.05) is 55.5 Å². The first-order valence-electron chi connectivity index (χ1n) is 14.3. The van der Waals surface area contributed by atoms with Gasteiger partial charge in [0.05, 0.1) is 19.1 Å². The van der Waals surface area contributed by atoms with E-state index in [0.29, 0.717) is 30.8 Å². The Morgan fingerprint density at radius 1 is 0.929 bits per heavy atom. The van der Waals surface area contributed by atoms with Gasteiger partial charge in [0, 0.05) is 32.5 Å². The van der Waals surface area contributed by atoms with E-state index < -0.39 is 16.1 Å². The number of sulfonamides is 1. The smallest absolute Gasteiger partial charge is 0.243 e. The Morgan fingerprint density at radius 2 is 1.64 bits per heavy atom. The van der Waals surface area contributed by atoms with E-state index in [-0.39, 0.29) is 31.3 Å². The molecular weight excluding hydrogens is 550 g/mol. The van der Waals surface area contributed by atoms with Crippen molar-refractivity contribution in [3.63, 3.8) is 0 Å².